The van der Waals surface area contributed by atoms with Gasteiger partial charge in [0.15, 0.2) is 5.96 Å². The lowest BCUT2D eigenvalue weighted by molar-refractivity contribution is 0.784. The van der Waals surface area contributed by atoms with Crippen LogP contribution in [-0.2, 0) is 12.8 Å². The molecule has 0 aliphatic carbocycles. The lowest BCUT2D eigenvalue weighted by Gasteiger charge is -2.11. The van der Waals surface area contributed by atoms with Crippen LogP contribution in [0.5, 0.6) is 0 Å². The molecule has 2 aromatic rings. The number of halogens is 2. The van der Waals surface area contributed by atoms with E-state index >= 15 is 0 Å². The molecule has 0 atom stereocenters. The van der Waals surface area contributed by atoms with Crippen LogP contribution in [0, 0.1) is 13.8 Å². The van der Waals surface area contributed by atoms with Crippen molar-refractivity contribution in [3.8, 4) is 0 Å². The van der Waals surface area contributed by atoms with Gasteiger partial charge in [-0.25, -0.2) is 9.97 Å². The van der Waals surface area contributed by atoms with Gasteiger partial charge in [0.25, 0.3) is 0 Å². The number of aryl methyl sites for hydroxylation is 2. The van der Waals surface area contributed by atoms with Gasteiger partial charge in [-0.15, -0.1) is 35.3 Å². The van der Waals surface area contributed by atoms with Crippen LogP contribution in [0.15, 0.2) is 23.3 Å². The van der Waals surface area contributed by atoms with Crippen LogP contribution in [0.4, 0.5) is 0 Å². The summed E-state index contributed by atoms with van der Waals surface area (Å²) in [5, 5.41) is 8.28. The van der Waals surface area contributed by atoms with E-state index in [1.54, 1.807) is 24.6 Å². The summed E-state index contributed by atoms with van der Waals surface area (Å²) in [5.41, 5.74) is 2.28. The zero-order chi connectivity index (χ0) is 16.7. The summed E-state index contributed by atoms with van der Waals surface area (Å²) < 4.78 is 0. The van der Waals surface area contributed by atoms with Crippen molar-refractivity contribution in [2.75, 3.05) is 20.1 Å². The summed E-state index contributed by atoms with van der Waals surface area (Å²) in [4.78, 5) is 14.1. The Morgan fingerprint density at radius 2 is 1.92 bits per heavy atom. The third kappa shape index (κ3) is 6.90. The maximum atomic E-state index is 5.78. The Morgan fingerprint density at radius 3 is 2.46 bits per heavy atom. The summed E-state index contributed by atoms with van der Waals surface area (Å²) in [5.74, 6) is 0.811. The van der Waals surface area contributed by atoms with Crippen LogP contribution in [0.3, 0.4) is 0 Å². The van der Waals surface area contributed by atoms with Crippen molar-refractivity contribution in [2.45, 2.75) is 26.7 Å². The van der Waals surface area contributed by atoms with Crippen molar-refractivity contribution in [3.05, 3.63) is 44.6 Å². The molecule has 2 rings (SSSR count). The molecule has 0 radical (unpaired) electrons. The number of guanidine groups is 1. The number of nitrogens with one attached hydrogen (secondary N) is 2. The molecule has 2 N–H and O–H groups in total. The Labute approximate surface area is 169 Å². The standard InChI is InChI=1S/C16H22ClN5S.HI/c1-11-14(23-12(2)22-11)7-9-20-16(18-3)19-8-6-13-4-5-15(17)21-10-13;/h4-5,10H,6-9H2,1-3H3,(H2,18,19,20);1H. The van der Waals surface area contributed by atoms with Gasteiger partial charge in [-0.05, 0) is 31.9 Å². The van der Waals surface area contributed by atoms with Gasteiger partial charge in [-0.1, -0.05) is 17.7 Å². The molecule has 0 bridgehead atoms. The van der Waals surface area contributed by atoms with E-state index < -0.39 is 0 Å². The van der Waals surface area contributed by atoms with Crippen LogP contribution in [0.25, 0.3) is 0 Å². The van der Waals surface area contributed by atoms with Crippen LogP contribution in [0.2, 0.25) is 5.15 Å². The van der Waals surface area contributed by atoms with Crippen LogP contribution in [0.1, 0.15) is 21.1 Å². The first-order chi connectivity index (χ1) is 11.1. The average molecular weight is 480 g/mol. The number of nitrogens with zero attached hydrogens (tertiary/aromatic N) is 3. The van der Waals surface area contributed by atoms with Crippen LogP contribution >= 0.6 is 46.9 Å². The largest absolute Gasteiger partial charge is 0.356 e. The predicted molar refractivity (Wildman–Crippen MR) is 113 cm³/mol. The van der Waals surface area contributed by atoms with Crippen molar-refractivity contribution in [1.82, 2.24) is 20.6 Å². The van der Waals surface area contributed by atoms with Gasteiger partial charge in [0, 0.05) is 37.6 Å². The fourth-order valence-electron chi connectivity index (χ4n) is 2.20. The third-order valence-corrected chi connectivity index (χ3v) is 4.72. The molecule has 0 fully saturated rings. The predicted octanol–water partition coefficient (Wildman–Crippen LogP) is 3.38. The number of rotatable bonds is 6. The first-order valence-electron chi connectivity index (χ1n) is 7.56. The molecule has 0 saturated heterocycles. The van der Waals surface area contributed by atoms with Gasteiger partial charge in [-0.2, -0.15) is 0 Å². The number of aromatic nitrogens is 2. The Morgan fingerprint density at radius 1 is 1.21 bits per heavy atom. The van der Waals surface area contributed by atoms with E-state index in [1.165, 1.54) is 4.88 Å². The Kier molecular flexibility index (Phi) is 9.53. The Bertz CT molecular complexity index is 657. The molecule has 0 amide bonds. The number of aliphatic imine (C=N–C) groups is 1. The molecule has 0 unspecified atom stereocenters. The maximum Gasteiger partial charge on any atom is 0.190 e. The highest BCUT2D eigenvalue weighted by atomic mass is 127. The number of thiazole rings is 1. The maximum absolute atomic E-state index is 5.78. The van der Waals surface area contributed by atoms with E-state index in [0.29, 0.717) is 5.15 Å². The number of pyridine rings is 1. The van der Waals surface area contributed by atoms with E-state index in [0.717, 1.165) is 48.2 Å². The van der Waals surface area contributed by atoms with Crippen molar-refractivity contribution >= 4 is 52.9 Å². The van der Waals surface area contributed by atoms with Crippen molar-refractivity contribution in [1.29, 1.82) is 0 Å². The monoisotopic (exact) mass is 479 g/mol. The first kappa shape index (κ1) is 21.1. The summed E-state index contributed by atoms with van der Waals surface area (Å²) >= 11 is 7.54. The minimum Gasteiger partial charge on any atom is -0.356 e. The fourth-order valence-corrected chi connectivity index (χ4v) is 3.25. The molecule has 2 aromatic heterocycles. The quantitative estimate of drug-likeness (QED) is 0.289. The normalized spacial score (nSPS) is 11.1. The lowest BCUT2D eigenvalue weighted by atomic mass is 10.2. The molecule has 0 aliphatic rings. The molecule has 5 nitrogen and oxygen atoms in total. The fraction of sp³-hybridized carbons (Fsp3) is 0.438. The van der Waals surface area contributed by atoms with Gasteiger partial charge in [0.1, 0.15) is 5.15 Å². The van der Waals surface area contributed by atoms with Crippen LogP contribution < -0.4 is 10.6 Å². The zero-order valence-electron chi connectivity index (χ0n) is 14.1. The molecule has 0 spiro atoms. The van der Waals surface area contributed by atoms with Crippen molar-refractivity contribution < 1.29 is 0 Å². The highest BCUT2D eigenvalue weighted by molar-refractivity contribution is 14.0. The van der Waals surface area contributed by atoms with Gasteiger partial charge >= 0.3 is 0 Å². The van der Waals surface area contributed by atoms with Gasteiger partial charge in [0.2, 0.25) is 0 Å². The Hall–Kier alpha value is -0.930. The van der Waals surface area contributed by atoms with Crippen LogP contribution in [-0.4, -0.2) is 36.1 Å². The molecule has 132 valence electrons. The van der Waals surface area contributed by atoms with Crippen molar-refractivity contribution in [2.24, 2.45) is 4.99 Å². The highest BCUT2D eigenvalue weighted by Gasteiger charge is 2.05. The summed E-state index contributed by atoms with van der Waals surface area (Å²) in [6, 6.07) is 3.80. The van der Waals surface area contributed by atoms with Gasteiger partial charge < -0.3 is 10.6 Å². The smallest absolute Gasteiger partial charge is 0.190 e. The van der Waals surface area contributed by atoms with Gasteiger partial charge in [-0.3, -0.25) is 4.99 Å². The molecule has 0 aromatic carbocycles. The van der Waals surface area contributed by atoms with Crippen molar-refractivity contribution in [3.63, 3.8) is 0 Å². The minimum atomic E-state index is 0. The summed E-state index contributed by atoms with van der Waals surface area (Å²) in [6.07, 6.45) is 3.63. The molecular formula is C16H23ClIN5S. The van der Waals surface area contributed by atoms with E-state index in [9.17, 15) is 0 Å². The zero-order valence-corrected chi connectivity index (χ0v) is 18.0. The topological polar surface area (TPSA) is 62.2 Å². The van der Waals surface area contributed by atoms with E-state index in [4.69, 9.17) is 11.6 Å². The average Bonchev–Trinajstić information content (AvgIpc) is 2.85. The number of hydrogen-bond donors (Lipinski definition) is 2. The summed E-state index contributed by atoms with van der Waals surface area (Å²) in [6.45, 7) is 5.74. The van der Waals surface area contributed by atoms with E-state index in [1.807, 2.05) is 19.1 Å². The second-order valence-corrected chi connectivity index (χ2v) is 6.83. The second kappa shape index (κ2) is 10.8. The molecule has 2 heterocycles. The highest BCUT2D eigenvalue weighted by Crippen LogP contribution is 2.16. The van der Waals surface area contributed by atoms with Gasteiger partial charge in [0.05, 0.1) is 10.7 Å². The molecular weight excluding hydrogens is 457 g/mol. The molecule has 24 heavy (non-hydrogen) atoms. The Balaban J connectivity index is 0.00000288. The third-order valence-electron chi connectivity index (χ3n) is 3.36. The number of hydrogen-bond acceptors (Lipinski definition) is 4. The molecule has 8 heteroatoms. The second-order valence-electron chi connectivity index (χ2n) is 5.16. The molecule has 0 aliphatic heterocycles. The molecule has 0 saturated carbocycles. The lowest BCUT2D eigenvalue weighted by Crippen LogP contribution is -2.39. The van der Waals surface area contributed by atoms with E-state index in [-0.39, 0.29) is 24.0 Å². The van der Waals surface area contributed by atoms with E-state index in [2.05, 4.69) is 32.5 Å². The minimum absolute atomic E-state index is 0. The first-order valence-corrected chi connectivity index (χ1v) is 8.76. The SMILES string of the molecule is CN=C(NCCc1ccc(Cl)nc1)NCCc1sc(C)nc1C.I. The summed E-state index contributed by atoms with van der Waals surface area (Å²) in [7, 11) is 1.78.